The van der Waals surface area contributed by atoms with E-state index in [1.807, 2.05) is 12.1 Å². The second-order valence-electron chi connectivity index (χ2n) is 7.80. The monoisotopic (exact) mass is 403 g/mol. The van der Waals surface area contributed by atoms with Crippen LogP contribution in [0, 0.1) is 5.92 Å². The molecule has 6 nitrogen and oxygen atoms in total. The van der Waals surface area contributed by atoms with Gasteiger partial charge in [0.05, 0.1) is 19.3 Å². The van der Waals surface area contributed by atoms with Gasteiger partial charge in [-0.25, -0.2) is 4.98 Å². The van der Waals surface area contributed by atoms with E-state index in [1.54, 1.807) is 6.20 Å². The Hall–Kier alpha value is -1.54. The van der Waals surface area contributed by atoms with Crippen LogP contribution < -0.4 is 5.32 Å². The molecule has 0 spiro atoms. The number of rotatable bonds is 6. The molecule has 0 unspecified atom stereocenters. The van der Waals surface area contributed by atoms with E-state index in [0.29, 0.717) is 11.5 Å². The highest BCUT2D eigenvalue weighted by Crippen LogP contribution is 2.37. The number of aliphatic hydroxyl groups is 1. The van der Waals surface area contributed by atoms with Crippen LogP contribution in [0.3, 0.4) is 0 Å². The summed E-state index contributed by atoms with van der Waals surface area (Å²) in [5, 5.41) is 12.9. The number of nitrogens with one attached hydrogen (secondary N) is 1. The zero-order valence-electron chi connectivity index (χ0n) is 16.2. The molecule has 2 aromatic rings. The van der Waals surface area contributed by atoms with Gasteiger partial charge in [0.2, 0.25) is 0 Å². The fourth-order valence-electron chi connectivity index (χ4n) is 4.47. The lowest BCUT2D eigenvalue weighted by Gasteiger charge is -2.36. The first-order chi connectivity index (χ1) is 13.8. The first kappa shape index (κ1) is 19.8. The second kappa shape index (κ2) is 9.31. The molecule has 1 saturated carbocycles. The number of aromatic nitrogens is 1. The topological polar surface area (TPSA) is 74.7 Å². The van der Waals surface area contributed by atoms with Crippen LogP contribution in [-0.4, -0.2) is 60.3 Å². The zero-order valence-corrected chi connectivity index (χ0v) is 17.0. The summed E-state index contributed by atoms with van der Waals surface area (Å²) in [4.78, 5) is 21.2. The summed E-state index contributed by atoms with van der Waals surface area (Å²) in [5.74, 6) is 0.640. The average molecular weight is 404 g/mol. The summed E-state index contributed by atoms with van der Waals surface area (Å²) in [7, 11) is 0. The van der Waals surface area contributed by atoms with Gasteiger partial charge in [-0.3, -0.25) is 9.69 Å². The number of amides is 1. The molecule has 4 rings (SSSR count). The van der Waals surface area contributed by atoms with Gasteiger partial charge >= 0.3 is 0 Å². The van der Waals surface area contributed by atoms with E-state index in [1.165, 1.54) is 43.4 Å². The van der Waals surface area contributed by atoms with Crippen molar-refractivity contribution in [3.8, 4) is 0 Å². The van der Waals surface area contributed by atoms with Crippen LogP contribution in [0.5, 0.6) is 0 Å². The number of carbonyl (C=O) groups excluding carboxylic acids is 1. The van der Waals surface area contributed by atoms with Crippen molar-refractivity contribution >= 4 is 27.5 Å². The minimum absolute atomic E-state index is 0.0701. The maximum absolute atomic E-state index is 12.7. The zero-order chi connectivity index (χ0) is 19.3. The van der Waals surface area contributed by atoms with Gasteiger partial charge in [0.1, 0.15) is 9.71 Å². The number of ether oxygens (including phenoxy) is 1. The van der Waals surface area contributed by atoms with Gasteiger partial charge in [0, 0.05) is 43.3 Å². The lowest BCUT2D eigenvalue weighted by molar-refractivity contribution is -0.0353. The van der Waals surface area contributed by atoms with Crippen LogP contribution in [0.4, 0.5) is 0 Å². The Labute approximate surface area is 169 Å². The highest BCUT2D eigenvalue weighted by Gasteiger charge is 2.31. The Balaban J connectivity index is 1.57. The van der Waals surface area contributed by atoms with Crippen LogP contribution in [-0.2, 0) is 4.74 Å². The molecular formula is C21H29N3O3S. The summed E-state index contributed by atoms with van der Waals surface area (Å²) in [5.41, 5.74) is 0.955. The maximum Gasteiger partial charge on any atom is 0.261 e. The standard InChI is InChI=1S/C21H29N3O3S/c25-11-9-22-20(26)19-18(16-7-4-8-23-21(16)28-19)17-14-24(10-12-27-17)13-15-5-2-1-3-6-15/h4,7-8,15,17,25H,1-3,5-6,9-14H2,(H,22,26)/t17-/m0/s1. The van der Waals surface area contributed by atoms with E-state index in [9.17, 15) is 4.79 Å². The minimum atomic E-state index is -0.153. The van der Waals surface area contributed by atoms with E-state index in [2.05, 4.69) is 15.2 Å². The van der Waals surface area contributed by atoms with Crippen LogP contribution in [0.25, 0.3) is 10.2 Å². The molecule has 152 valence electrons. The van der Waals surface area contributed by atoms with Crippen molar-refractivity contribution < 1.29 is 14.6 Å². The molecule has 2 aromatic heterocycles. The first-order valence-electron chi connectivity index (χ1n) is 10.4. The number of fused-ring (bicyclic) bond motifs is 1. The van der Waals surface area contributed by atoms with E-state index < -0.39 is 0 Å². The van der Waals surface area contributed by atoms with Crippen molar-refractivity contribution in [3.05, 3.63) is 28.8 Å². The van der Waals surface area contributed by atoms with Crippen molar-refractivity contribution in [1.29, 1.82) is 0 Å². The van der Waals surface area contributed by atoms with Gasteiger partial charge in [-0.1, -0.05) is 25.3 Å². The number of hydrogen-bond acceptors (Lipinski definition) is 6. The molecule has 1 amide bonds. The number of nitrogens with zero attached hydrogens (tertiary/aromatic N) is 2. The molecule has 1 aliphatic carbocycles. The van der Waals surface area contributed by atoms with Gasteiger partial charge in [0.15, 0.2) is 0 Å². The molecule has 7 heteroatoms. The molecular weight excluding hydrogens is 374 g/mol. The van der Waals surface area contributed by atoms with Crippen LogP contribution in [0.15, 0.2) is 18.3 Å². The molecule has 2 aliphatic rings. The summed E-state index contributed by atoms with van der Waals surface area (Å²) >= 11 is 1.41. The Bertz CT molecular complexity index is 803. The van der Waals surface area contributed by atoms with Crippen LogP contribution >= 0.6 is 11.3 Å². The quantitative estimate of drug-likeness (QED) is 0.776. The van der Waals surface area contributed by atoms with Crippen molar-refractivity contribution in [2.75, 3.05) is 39.4 Å². The molecule has 28 heavy (non-hydrogen) atoms. The Morgan fingerprint density at radius 3 is 3.04 bits per heavy atom. The van der Waals surface area contributed by atoms with E-state index >= 15 is 0 Å². The number of pyridine rings is 1. The van der Waals surface area contributed by atoms with Crippen molar-refractivity contribution in [1.82, 2.24) is 15.2 Å². The number of thiophene rings is 1. The number of hydrogen-bond donors (Lipinski definition) is 2. The molecule has 1 saturated heterocycles. The number of carbonyl (C=O) groups is 1. The third-order valence-electron chi connectivity index (χ3n) is 5.82. The lowest BCUT2D eigenvalue weighted by atomic mass is 9.88. The predicted octanol–water partition coefficient (Wildman–Crippen LogP) is 2.97. The molecule has 1 aliphatic heterocycles. The Kier molecular flexibility index (Phi) is 6.57. The van der Waals surface area contributed by atoms with E-state index in [-0.39, 0.29) is 25.2 Å². The third kappa shape index (κ3) is 4.38. The largest absolute Gasteiger partial charge is 0.395 e. The molecule has 0 bridgehead atoms. The highest BCUT2D eigenvalue weighted by atomic mass is 32.1. The summed E-state index contributed by atoms with van der Waals surface area (Å²) in [6.07, 6.45) is 8.40. The summed E-state index contributed by atoms with van der Waals surface area (Å²) in [6, 6.07) is 3.94. The van der Waals surface area contributed by atoms with Gasteiger partial charge in [-0.2, -0.15) is 0 Å². The van der Waals surface area contributed by atoms with Crippen LogP contribution in [0.2, 0.25) is 0 Å². The van der Waals surface area contributed by atoms with Gasteiger partial charge in [0.25, 0.3) is 5.91 Å². The lowest BCUT2D eigenvalue weighted by Crippen LogP contribution is -2.41. The molecule has 0 aromatic carbocycles. The third-order valence-corrected chi connectivity index (χ3v) is 6.95. The van der Waals surface area contributed by atoms with E-state index in [4.69, 9.17) is 9.84 Å². The summed E-state index contributed by atoms with van der Waals surface area (Å²) in [6.45, 7) is 3.77. The van der Waals surface area contributed by atoms with Crippen LogP contribution in [0.1, 0.15) is 53.4 Å². The number of aliphatic hydroxyl groups excluding tert-OH is 1. The van der Waals surface area contributed by atoms with Gasteiger partial charge in [-0.15, -0.1) is 11.3 Å². The van der Waals surface area contributed by atoms with Crippen molar-refractivity contribution in [2.24, 2.45) is 5.92 Å². The fourth-order valence-corrected chi connectivity index (χ4v) is 5.58. The average Bonchev–Trinajstić information content (AvgIpc) is 3.13. The van der Waals surface area contributed by atoms with Gasteiger partial charge < -0.3 is 15.2 Å². The SMILES string of the molecule is O=C(NCCO)c1sc2ncccc2c1[C@@H]1CN(CC2CCCCC2)CCO1. The van der Waals surface area contributed by atoms with Gasteiger partial charge in [-0.05, 0) is 24.8 Å². The van der Waals surface area contributed by atoms with Crippen molar-refractivity contribution in [2.45, 2.75) is 38.2 Å². The minimum Gasteiger partial charge on any atom is -0.395 e. The maximum atomic E-state index is 12.7. The first-order valence-corrected chi connectivity index (χ1v) is 11.2. The van der Waals surface area contributed by atoms with E-state index in [0.717, 1.165) is 41.3 Å². The smallest absolute Gasteiger partial charge is 0.261 e. The molecule has 3 heterocycles. The Morgan fingerprint density at radius 2 is 2.21 bits per heavy atom. The Morgan fingerprint density at radius 1 is 1.36 bits per heavy atom. The second-order valence-corrected chi connectivity index (χ2v) is 8.80. The summed E-state index contributed by atoms with van der Waals surface area (Å²) < 4.78 is 6.15. The molecule has 0 radical (unpaired) electrons. The predicted molar refractivity (Wildman–Crippen MR) is 111 cm³/mol. The molecule has 2 N–H and O–H groups in total. The highest BCUT2D eigenvalue weighted by molar-refractivity contribution is 7.20. The van der Waals surface area contributed by atoms with Crippen molar-refractivity contribution in [3.63, 3.8) is 0 Å². The fraction of sp³-hybridized carbons (Fsp3) is 0.619. The normalized spacial score (nSPS) is 21.8. The number of morpholine rings is 1. The molecule has 2 fully saturated rings. The molecule has 1 atom stereocenters.